The molecule has 7 nitrogen and oxygen atoms in total. The Bertz CT molecular complexity index is 832. The molecule has 0 saturated carbocycles. The summed E-state index contributed by atoms with van der Waals surface area (Å²) in [7, 11) is -3.37. The van der Waals surface area contributed by atoms with Gasteiger partial charge >= 0.3 is 0 Å². The molecule has 1 aliphatic heterocycles. The first-order chi connectivity index (χ1) is 12.5. The van der Waals surface area contributed by atoms with Crippen LogP contribution in [-0.2, 0) is 27.1 Å². The van der Waals surface area contributed by atoms with Crippen molar-refractivity contribution in [2.75, 3.05) is 26.3 Å². The average Bonchev–Trinajstić information content (AvgIpc) is 2.68. The summed E-state index contributed by atoms with van der Waals surface area (Å²) in [5.74, 6) is -0.290. The summed E-state index contributed by atoms with van der Waals surface area (Å²) in [5.41, 5.74) is 2.05. The van der Waals surface area contributed by atoms with Gasteiger partial charge in [0.2, 0.25) is 10.0 Å². The minimum atomic E-state index is -3.37. The largest absolute Gasteiger partial charge is 0.379 e. The van der Waals surface area contributed by atoms with Crippen molar-refractivity contribution >= 4 is 15.9 Å². The molecule has 3 rings (SSSR count). The van der Waals surface area contributed by atoms with Crippen LogP contribution in [0, 0.1) is 0 Å². The number of pyridine rings is 1. The van der Waals surface area contributed by atoms with Gasteiger partial charge in [-0.1, -0.05) is 18.2 Å². The molecule has 0 atom stereocenters. The molecule has 1 N–H and O–H groups in total. The van der Waals surface area contributed by atoms with E-state index in [4.69, 9.17) is 4.74 Å². The van der Waals surface area contributed by atoms with Crippen LogP contribution in [0.3, 0.4) is 0 Å². The van der Waals surface area contributed by atoms with Crippen molar-refractivity contribution in [2.45, 2.75) is 12.3 Å². The lowest BCUT2D eigenvalue weighted by Crippen LogP contribution is -2.41. The number of rotatable bonds is 6. The molecule has 8 heteroatoms. The van der Waals surface area contributed by atoms with Gasteiger partial charge in [-0.2, -0.15) is 4.31 Å². The third-order valence-corrected chi connectivity index (χ3v) is 5.95. The Morgan fingerprint density at radius 2 is 1.85 bits per heavy atom. The monoisotopic (exact) mass is 375 g/mol. The van der Waals surface area contributed by atoms with Crippen molar-refractivity contribution in [1.82, 2.24) is 14.6 Å². The highest BCUT2D eigenvalue weighted by Gasteiger charge is 2.24. The molecule has 1 fully saturated rings. The van der Waals surface area contributed by atoms with E-state index in [-0.39, 0.29) is 11.7 Å². The molecule has 1 aliphatic rings. The molecule has 1 amide bonds. The zero-order valence-corrected chi connectivity index (χ0v) is 15.1. The van der Waals surface area contributed by atoms with Crippen LogP contribution >= 0.6 is 0 Å². The number of hydrogen-bond acceptors (Lipinski definition) is 5. The molecule has 0 radical (unpaired) electrons. The third-order valence-electron chi connectivity index (χ3n) is 4.10. The number of sulfonamides is 1. The van der Waals surface area contributed by atoms with Gasteiger partial charge in [-0.25, -0.2) is 8.42 Å². The second-order valence-electron chi connectivity index (χ2n) is 6.01. The molecule has 0 aliphatic carbocycles. The van der Waals surface area contributed by atoms with Gasteiger partial charge in [0.05, 0.1) is 19.0 Å². The SMILES string of the molecule is O=C(NCc1cccnc1)c1ccc(CS(=O)(=O)N2CCOCC2)cc1. The number of nitrogens with zero attached hydrogens (tertiary/aromatic N) is 2. The Morgan fingerprint density at radius 1 is 1.12 bits per heavy atom. The van der Waals surface area contributed by atoms with E-state index in [2.05, 4.69) is 10.3 Å². The first-order valence-corrected chi connectivity index (χ1v) is 9.97. The predicted molar refractivity (Wildman–Crippen MR) is 96.9 cm³/mol. The van der Waals surface area contributed by atoms with E-state index >= 15 is 0 Å². The summed E-state index contributed by atoms with van der Waals surface area (Å²) in [6.45, 7) is 2.01. The van der Waals surface area contributed by atoms with Crippen LogP contribution in [0.4, 0.5) is 0 Å². The topological polar surface area (TPSA) is 88.6 Å². The lowest BCUT2D eigenvalue weighted by Gasteiger charge is -2.26. The highest BCUT2D eigenvalue weighted by atomic mass is 32.2. The summed E-state index contributed by atoms with van der Waals surface area (Å²) >= 11 is 0. The van der Waals surface area contributed by atoms with E-state index < -0.39 is 10.0 Å². The third kappa shape index (κ3) is 4.87. The van der Waals surface area contributed by atoms with Gasteiger partial charge in [-0.3, -0.25) is 9.78 Å². The maximum absolute atomic E-state index is 12.4. The number of aromatic nitrogens is 1. The number of carbonyl (C=O) groups excluding carboxylic acids is 1. The molecule has 1 aromatic heterocycles. The van der Waals surface area contributed by atoms with E-state index in [1.54, 1.807) is 36.7 Å². The van der Waals surface area contributed by atoms with Crippen LogP contribution in [0.25, 0.3) is 0 Å². The van der Waals surface area contributed by atoms with Gasteiger partial charge in [0.1, 0.15) is 0 Å². The molecule has 0 unspecified atom stereocenters. The number of amides is 1. The molecule has 0 spiro atoms. The normalized spacial score (nSPS) is 15.5. The maximum atomic E-state index is 12.4. The summed E-state index contributed by atoms with van der Waals surface area (Å²) in [4.78, 5) is 16.2. The summed E-state index contributed by atoms with van der Waals surface area (Å²) < 4.78 is 31.5. The Morgan fingerprint density at radius 3 is 2.50 bits per heavy atom. The van der Waals surface area contributed by atoms with Crippen LogP contribution < -0.4 is 5.32 Å². The maximum Gasteiger partial charge on any atom is 0.251 e. The van der Waals surface area contributed by atoms with Gasteiger partial charge in [0, 0.05) is 37.6 Å². The Labute approximate surface area is 153 Å². The van der Waals surface area contributed by atoms with Crippen molar-refractivity contribution in [3.63, 3.8) is 0 Å². The molecular weight excluding hydrogens is 354 g/mol. The van der Waals surface area contributed by atoms with E-state index in [9.17, 15) is 13.2 Å². The fraction of sp³-hybridized carbons (Fsp3) is 0.333. The number of ether oxygens (including phenoxy) is 1. The molecule has 2 aromatic rings. The molecule has 0 bridgehead atoms. The molecule has 1 aromatic carbocycles. The van der Waals surface area contributed by atoms with E-state index in [1.165, 1.54) is 4.31 Å². The van der Waals surface area contributed by atoms with Crippen molar-refractivity contribution in [3.05, 3.63) is 65.5 Å². The van der Waals surface area contributed by atoms with E-state index in [0.29, 0.717) is 44.0 Å². The average molecular weight is 375 g/mol. The fourth-order valence-electron chi connectivity index (χ4n) is 2.67. The molecule has 26 heavy (non-hydrogen) atoms. The van der Waals surface area contributed by atoms with Gasteiger partial charge in [0.25, 0.3) is 5.91 Å². The van der Waals surface area contributed by atoms with Crippen molar-refractivity contribution in [3.8, 4) is 0 Å². The molecule has 2 heterocycles. The molecule has 138 valence electrons. The van der Waals surface area contributed by atoms with Crippen LogP contribution in [0.5, 0.6) is 0 Å². The van der Waals surface area contributed by atoms with Gasteiger partial charge < -0.3 is 10.1 Å². The summed E-state index contributed by atoms with van der Waals surface area (Å²) in [6.07, 6.45) is 3.37. The summed E-state index contributed by atoms with van der Waals surface area (Å²) in [6, 6.07) is 10.3. The number of nitrogens with one attached hydrogen (secondary N) is 1. The second kappa shape index (κ2) is 8.39. The van der Waals surface area contributed by atoms with Crippen LogP contribution in [0.1, 0.15) is 21.5 Å². The smallest absolute Gasteiger partial charge is 0.251 e. The van der Waals surface area contributed by atoms with Gasteiger partial charge in [0.15, 0.2) is 0 Å². The van der Waals surface area contributed by atoms with Crippen molar-refractivity contribution in [1.29, 1.82) is 0 Å². The van der Waals surface area contributed by atoms with Crippen molar-refractivity contribution in [2.24, 2.45) is 0 Å². The summed E-state index contributed by atoms with van der Waals surface area (Å²) in [5, 5.41) is 2.82. The highest BCUT2D eigenvalue weighted by molar-refractivity contribution is 7.88. The lowest BCUT2D eigenvalue weighted by atomic mass is 10.1. The fourth-order valence-corrected chi connectivity index (χ4v) is 4.17. The molecule has 1 saturated heterocycles. The minimum Gasteiger partial charge on any atom is -0.379 e. The number of benzene rings is 1. The zero-order valence-electron chi connectivity index (χ0n) is 14.3. The van der Waals surface area contributed by atoms with Crippen LogP contribution in [0.15, 0.2) is 48.8 Å². The lowest BCUT2D eigenvalue weighted by molar-refractivity contribution is 0.0729. The molecular formula is C18H21N3O4S. The number of morpholine rings is 1. The van der Waals surface area contributed by atoms with Gasteiger partial charge in [-0.15, -0.1) is 0 Å². The zero-order chi connectivity index (χ0) is 18.4. The number of carbonyl (C=O) groups is 1. The van der Waals surface area contributed by atoms with Crippen molar-refractivity contribution < 1.29 is 17.9 Å². The Balaban J connectivity index is 1.58. The van der Waals surface area contributed by atoms with Gasteiger partial charge in [-0.05, 0) is 29.3 Å². The Hall–Kier alpha value is -2.29. The number of hydrogen-bond donors (Lipinski definition) is 1. The van der Waals surface area contributed by atoms with Crippen LogP contribution in [0.2, 0.25) is 0 Å². The Kier molecular flexibility index (Phi) is 5.97. The standard InChI is InChI=1S/C18H21N3O4S/c22-18(20-13-16-2-1-7-19-12-16)17-5-3-15(4-6-17)14-26(23,24)21-8-10-25-11-9-21/h1-7,12H,8-11,13-14H2,(H,20,22). The quantitative estimate of drug-likeness (QED) is 0.819. The highest BCUT2D eigenvalue weighted by Crippen LogP contribution is 2.14. The van der Waals surface area contributed by atoms with E-state index in [0.717, 1.165) is 5.56 Å². The minimum absolute atomic E-state index is 0.0788. The second-order valence-corrected chi connectivity index (χ2v) is 7.98. The van der Waals surface area contributed by atoms with Crippen LogP contribution in [-0.4, -0.2) is 49.9 Å². The first-order valence-electron chi connectivity index (χ1n) is 8.36. The predicted octanol–water partition coefficient (Wildman–Crippen LogP) is 1.17. The first kappa shape index (κ1) is 18.5. The van der Waals surface area contributed by atoms with E-state index in [1.807, 2.05) is 12.1 Å².